The lowest BCUT2D eigenvalue weighted by Gasteiger charge is -2.38. The molecule has 1 aliphatic heterocycles. The van der Waals surface area contributed by atoms with E-state index in [-0.39, 0.29) is 0 Å². The van der Waals surface area contributed by atoms with Crippen molar-refractivity contribution < 1.29 is 0 Å². The van der Waals surface area contributed by atoms with Crippen LogP contribution in [0.5, 0.6) is 0 Å². The van der Waals surface area contributed by atoms with Gasteiger partial charge in [-0.05, 0) is 54.2 Å². The first-order valence-electron chi connectivity index (χ1n) is 7.37. The molecule has 0 bridgehead atoms. The van der Waals surface area contributed by atoms with Gasteiger partial charge in [0.2, 0.25) is 0 Å². The second-order valence-corrected chi connectivity index (χ2v) is 6.39. The van der Waals surface area contributed by atoms with Gasteiger partial charge in [0.15, 0.2) is 0 Å². The quantitative estimate of drug-likeness (QED) is 0.759. The maximum Gasteiger partial charge on any atom is 0.0569 e. The Morgan fingerprint density at radius 1 is 1.33 bits per heavy atom. The van der Waals surface area contributed by atoms with Crippen LogP contribution in [-0.2, 0) is 0 Å². The summed E-state index contributed by atoms with van der Waals surface area (Å²) in [7, 11) is 0. The Morgan fingerprint density at radius 2 is 2.24 bits per heavy atom. The standard InChI is InChI=1S/C18H17ClN2/c1-11-8-13(19)9-16-14-5-2-6-15(14)18(21-17(11)16)12-4-3-7-20-10-12/h2-5,7-10,14-15,18,21H,6H2,1H3/t14-,15-,18+/m0/s1. The molecule has 0 radical (unpaired) electrons. The Hall–Kier alpha value is -1.80. The van der Waals surface area contributed by atoms with Crippen LogP contribution in [-0.4, -0.2) is 4.98 Å². The van der Waals surface area contributed by atoms with Crippen molar-refractivity contribution in [1.82, 2.24) is 4.98 Å². The van der Waals surface area contributed by atoms with E-state index in [1.807, 2.05) is 24.5 Å². The number of fused-ring (bicyclic) bond motifs is 3. The summed E-state index contributed by atoms with van der Waals surface area (Å²) in [6.45, 7) is 2.12. The highest BCUT2D eigenvalue weighted by Crippen LogP contribution is 2.51. The summed E-state index contributed by atoms with van der Waals surface area (Å²) in [5, 5.41) is 4.57. The molecular weight excluding hydrogens is 280 g/mol. The van der Waals surface area contributed by atoms with Crippen molar-refractivity contribution >= 4 is 17.3 Å². The summed E-state index contributed by atoms with van der Waals surface area (Å²) in [5.74, 6) is 0.989. The molecule has 0 spiro atoms. The SMILES string of the molecule is Cc1cc(Cl)cc2c1N[C@H](c1cccnc1)[C@H]1CC=C[C@H]21. The minimum atomic E-state index is 0.311. The monoisotopic (exact) mass is 296 g/mol. The molecule has 2 aromatic rings. The van der Waals surface area contributed by atoms with Gasteiger partial charge in [-0.2, -0.15) is 0 Å². The number of pyridine rings is 1. The fraction of sp³-hybridized carbons (Fsp3) is 0.278. The first-order valence-corrected chi connectivity index (χ1v) is 7.75. The third-order valence-electron chi connectivity index (χ3n) is 4.67. The molecule has 2 aliphatic rings. The minimum Gasteiger partial charge on any atom is -0.377 e. The molecule has 4 rings (SSSR count). The topological polar surface area (TPSA) is 24.9 Å². The molecule has 106 valence electrons. The summed E-state index contributed by atoms with van der Waals surface area (Å²) in [4.78, 5) is 4.29. The number of allylic oxidation sites excluding steroid dienone is 2. The van der Waals surface area contributed by atoms with Gasteiger partial charge in [0, 0.05) is 29.0 Å². The van der Waals surface area contributed by atoms with Crippen LogP contribution in [0, 0.1) is 12.8 Å². The number of anilines is 1. The fourth-order valence-electron chi connectivity index (χ4n) is 3.73. The summed E-state index contributed by atoms with van der Waals surface area (Å²) in [6.07, 6.45) is 9.54. The van der Waals surface area contributed by atoms with Crippen molar-refractivity contribution in [3.8, 4) is 0 Å². The molecule has 1 aromatic heterocycles. The van der Waals surface area contributed by atoms with Crippen LogP contribution in [0.2, 0.25) is 5.02 Å². The van der Waals surface area contributed by atoms with Gasteiger partial charge in [0.05, 0.1) is 6.04 Å². The summed E-state index contributed by atoms with van der Waals surface area (Å²) in [5.41, 5.74) is 5.04. The summed E-state index contributed by atoms with van der Waals surface area (Å²) in [6, 6.07) is 8.64. The van der Waals surface area contributed by atoms with Crippen LogP contribution >= 0.6 is 11.6 Å². The molecule has 0 unspecified atom stereocenters. The van der Waals surface area contributed by atoms with E-state index < -0.39 is 0 Å². The molecular formula is C18H17ClN2. The van der Waals surface area contributed by atoms with Gasteiger partial charge in [0.25, 0.3) is 0 Å². The Labute approximate surface area is 129 Å². The van der Waals surface area contributed by atoms with Crippen LogP contribution in [0.15, 0.2) is 48.8 Å². The zero-order chi connectivity index (χ0) is 14.4. The van der Waals surface area contributed by atoms with E-state index in [1.54, 1.807) is 0 Å². The normalized spacial score (nSPS) is 26.1. The van der Waals surface area contributed by atoms with Crippen LogP contribution in [0.25, 0.3) is 0 Å². The molecule has 2 nitrogen and oxygen atoms in total. The van der Waals surface area contributed by atoms with Crippen molar-refractivity contribution in [3.05, 3.63) is 70.5 Å². The maximum absolute atomic E-state index is 6.26. The smallest absolute Gasteiger partial charge is 0.0569 e. The number of benzene rings is 1. The molecule has 1 aromatic carbocycles. The van der Waals surface area contributed by atoms with Crippen molar-refractivity contribution in [2.24, 2.45) is 5.92 Å². The largest absolute Gasteiger partial charge is 0.377 e. The number of aryl methyl sites for hydroxylation is 1. The van der Waals surface area contributed by atoms with E-state index in [0.29, 0.717) is 17.9 Å². The Kier molecular flexibility index (Phi) is 3.00. The van der Waals surface area contributed by atoms with Crippen molar-refractivity contribution in [3.63, 3.8) is 0 Å². The van der Waals surface area contributed by atoms with Gasteiger partial charge in [0.1, 0.15) is 0 Å². The van der Waals surface area contributed by atoms with E-state index in [2.05, 4.69) is 41.5 Å². The first kappa shape index (κ1) is 12.9. The second kappa shape index (κ2) is 4.88. The van der Waals surface area contributed by atoms with E-state index in [4.69, 9.17) is 11.6 Å². The van der Waals surface area contributed by atoms with E-state index >= 15 is 0 Å². The van der Waals surface area contributed by atoms with Crippen LogP contribution in [0.1, 0.15) is 35.1 Å². The third-order valence-corrected chi connectivity index (χ3v) is 4.89. The lowest BCUT2D eigenvalue weighted by Crippen LogP contribution is -2.29. The van der Waals surface area contributed by atoms with Crippen LogP contribution < -0.4 is 5.32 Å². The highest BCUT2D eigenvalue weighted by Gasteiger charge is 2.38. The number of nitrogens with one attached hydrogen (secondary N) is 1. The van der Waals surface area contributed by atoms with E-state index in [9.17, 15) is 0 Å². The highest BCUT2D eigenvalue weighted by atomic mass is 35.5. The molecule has 0 fully saturated rings. The highest BCUT2D eigenvalue weighted by molar-refractivity contribution is 6.30. The molecule has 0 saturated carbocycles. The molecule has 3 heteroatoms. The molecule has 21 heavy (non-hydrogen) atoms. The maximum atomic E-state index is 6.26. The van der Waals surface area contributed by atoms with Crippen molar-refractivity contribution in [2.45, 2.75) is 25.3 Å². The molecule has 0 saturated heterocycles. The molecule has 0 amide bonds. The Morgan fingerprint density at radius 3 is 3.05 bits per heavy atom. The van der Waals surface area contributed by atoms with Gasteiger partial charge in [-0.1, -0.05) is 29.8 Å². The van der Waals surface area contributed by atoms with Gasteiger partial charge in [-0.15, -0.1) is 0 Å². The lowest BCUT2D eigenvalue weighted by molar-refractivity contribution is 0.424. The van der Waals surface area contributed by atoms with Crippen LogP contribution in [0.3, 0.4) is 0 Å². The predicted molar refractivity (Wildman–Crippen MR) is 86.8 cm³/mol. The average molecular weight is 297 g/mol. The number of hydrogen-bond donors (Lipinski definition) is 1. The van der Waals surface area contributed by atoms with Crippen molar-refractivity contribution in [1.29, 1.82) is 0 Å². The summed E-state index contributed by atoms with van der Waals surface area (Å²) >= 11 is 6.26. The zero-order valence-corrected chi connectivity index (χ0v) is 12.6. The number of hydrogen-bond acceptors (Lipinski definition) is 2. The number of nitrogens with zero attached hydrogens (tertiary/aromatic N) is 1. The zero-order valence-electron chi connectivity index (χ0n) is 11.9. The van der Waals surface area contributed by atoms with Gasteiger partial charge in [-0.3, -0.25) is 4.98 Å². The number of rotatable bonds is 1. The first-order chi connectivity index (χ1) is 10.2. The van der Waals surface area contributed by atoms with Gasteiger partial charge in [-0.25, -0.2) is 0 Å². The Bertz CT molecular complexity index is 709. The lowest BCUT2D eigenvalue weighted by atomic mass is 9.76. The molecule has 1 aliphatic carbocycles. The fourth-order valence-corrected chi connectivity index (χ4v) is 4.01. The third kappa shape index (κ3) is 2.06. The van der Waals surface area contributed by atoms with Crippen molar-refractivity contribution in [2.75, 3.05) is 5.32 Å². The van der Waals surface area contributed by atoms with E-state index in [1.165, 1.54) is 22.4 Å². The average Bonchev–Trinajstić information content (AvgIpc) is 2.97. The molecule has 1 N–H and O–H groups in total. The predicted octanol–water partition coefficient (Wildman–Crippen LogP) is 4.87. The second-order valence-electron chi connectivity index (χ2n) is 5.95. The van der Waals surface area contributed by atoms with Crippen LogP contribution in [0.4, 0.5) is 5.69 Å². The Balaban J connectivity index is 1.84. The van der Waals surface area contributed by atoms with Gasteiger partial charge < -0.3 is 5.32 Å². The molecule has 2 heterocycles. The van der Waals surface area contributed by atoms with Gasteiger partial charge >= 0.3 is 0 Å². The minimum absolute atomic E-state index is 0.311. The molecule has 3 atom stereocenters. The number of halogens is 1. The van der Waals surface area contributed by atoms with E-state index in [0.717, 1.165) is 11.4 Å². The number of aromatic nitrogens is 1. The summed E-state index contributed by atoms with van der Waals surface area (Å²) < 4.78 is 0.